The van der Waals surface area contributed by atoms with Crippen molar-refractivity contribution in [3.63, 3.8) is 0 Å². The minimum absolute atomic E-state index is 0.0916. The number of carbonyl (C=O) groups excluding carboxylic acids is 1. The van der Waals surface area contributed by atoms with Gasteiger partial charge >= 0.3 is 5.69 Å². The SMILES string of the molecule is COc1ccc(CCNC(=O)C(C)Cn2cc([N+](=O)[O-])cn2)cc1OC. The quantitative estimate of drug-likeness (QED) is 0.538. The third-order valence-corrected chi connectivity index (χ3v) is 3.90. The molecule has 9 heteroatoms. The van der Waals surface area contributed by atoms with E-state index in [0.29, 0.717) is 24.5 Å². The second kappa shape index (κ2) is 8.84. The molecule has 1 aromatic carbocycles. The Morgan fingerprint density at radius 2 is 2.08 bits per heavy atom. The lowest BCUT2D eigenvalue weighted by molar-refractivity contribution is -0.385. The van der Waals surface area contributed by atoms with Crippen molar-refractivity contribution in [2.75, 3.05) is 20.8 Å². The van der Waals surface area contributed by atoms with Crippen molar-refractivity contribution >= 4 is 11.6 Å². The predicted octanol–water partition coefficient (Wildman–Crippen LogP) is 1.80. The number of hydrogen-bond acceptors (Lipinski definition) is 6. The number of nitrogens with one attached hydrogen (secondary N) is 1. The normalized spacial score (nSPS) is 11.7. The van der Waals surface area contributed by atoms with Crippen molar-refractivity contribution in [3.8, 4) is 11.5 Å². The highest BCUT2D eigenvalue weighted by Crippen LogP contribution is 2.27. The molecule has 0 radical (unpaired) electrons. The smallest absolute Gasteiger partial charge is 0.306 e. The van der Waals surface area contributed by atoms with E-state index in [1.165, 1.54) is 17.1 Å². The summed E-state index contributed by atoms with van der Waals surface area (Å²) < 4.78 is 11.9. The molecule has 1 heterocycles. The molecule has 0 aliphatic carbocycles. The first kappa shape index (κ1) is 19.2. The van der Waals surface area contributed by atoms with E-state index in [0.717, 1.165) is 5.56 Å². The number of rotatable bonds is 9. The van der Waals surface area contributed by atoms with Gasteiger partial charge in [0.1, 0.15) is 12.4 Å². The van der Waals surface area contributed by atoms with Gasteiger partial charge < -0.3 is 14.8 Å². The van der Waals surface area contributed by atoms with E-state index in [4.69, 9.17) is 9.47 Å². The maximum absolute atomic E-state index is 12.2. The third kappa shape index (κ3) is 4.95. The van der Waals surface area contributed by atoms with Crippen LogP contribution in [0.1, 0.15) is 12.5 Å². The van der Waals surface area contributed by atoms with Crippen LogP contribution in [0.4, 0.5) is 5.69 Å². The predicted molar refractivity (Wildman–Crippen MR) is 94.3 cm³/mol. The van der Waals surface area contributed by atoms with Crippen LogP contribution in [0.3, 0.4) is 0 Å². The average Bonchev–Trinajstić information content (AvgIpc) is 3.10. The van der Waals surface area contributed by atoms with Gasteiger partial charge in [0.2, 0.25) is 5.91 Å². The van der Waals surface area contributed by atoms with Crippen LogP contribution in [0.25, 0.3) is 0 Å². The van der Waals surface area contributed by atoms with Gasteiger partial charge in [0, 0.05) is 6.54 Å². The zero-order chi connectivity index (χ0) is 19.1. The molecule has 1 atom stereocenters. The first-order chi connectivity index (χ1) is 12.4. The van der Waals surface area contributed by atoms with Crippen molar-refractivity contribution in [2.45, 2.75) is 19.9 Å². The Labute approximate surface area is 151 Å². The Morgan fingerprint density at radius 3 is 2.69 bits per heavy atom. The summed E-state index contributed by atoms with van der Waals surface area (Å²) in [5.74, 6) is 0.802. The molecule has 0 spiro atoms. The molecule has 2 rings (SSSR count). The lowest BCUT2D eigenvalue weighted by Gasteiger charge is -2.13. The van der Waals surface area contributed by atoms with Gasteiger partial charge in [-0.1, -0.05) is 13.0 Å². The monoisotopic (exact) mass is 362 g/mol. The molecule has 140 valence electrons. The fourth-order valence-corrected chi connectivity index (χ4v) is 2.45. The van der Waals surface area contributed by atoms with Gasteiger partial charge in [-0.3, -0.25) is 19.6 Å². The number of nitro groups is 1. The van der Waals surface area contributed by atoms with Crippen molar-refractivity contribution in [3.05, 3.63) is 46.3 Å². The summed E-state index contributed by atoms with van der Waals surface area (Å²) in [5.41, 5.74) is 0.921. The molecule has 1 amide bonds. The number of aromatic nitrogens is 2. The number of hydrogen-bond donors (Lipinski definition) is 1. The van der Waals surface area contributed by atoms with Crippen molar-refractivity contribution in [1.29, 1.82) is 0 Å². The zero-order valence-corrected chi connectivity index (χ0v) is 15.0. The number of methoxy groups -OCH3 is 2. The largest absolute Gasteiger partial charge is 0.493 e. The summed E-state index contributed by atoms with van der Waals surface area (Å²) in [7, 11) is 3.15. The van der Waals surface area contributed by atoms with Gasteiger partial charge in [0.05, 0.1) is 31.6 Å². The van der Waals surface area contributed by atoms with Gasteiger partial charge in [-0.25, -0.2) is 0 Å². The Hall–Kier alpha value is -3.10. The highest BCUT2D eigenvalue weighted by atomic mass is 16.6. The Balaban J connectivity index is 1.83. The standard InChI is InChI=1S/C17H22N4O5/c1-12(10-20-11-14(9-19-20)21(23)24)17(22)18-7-6-13-4-5-15(25-2)16(8-13)26-3/h4-5,8-9,11-12H,6-7,10H2,1-3H3,(H,18,22). The van der Waals surface area contributed by atoms with E-state index < -0.39 is 4.92 Å². The fraction of sp³-hybridized carbons (Fsp3) is 0.412. The highest BCUT2D eigenvalue weighted by Gasteiger charge is 2.16. The topological polar surface area (TPSA) is 109 Å². The van der Waals surface area contributed by atoms with Crippen molar-refractivity contribution < 1.29 is 19.2 Å². The highest BCUT2D eigenvalue weighted by molar-refractivity contribution is 5.78. The molecule has 26 heavy (non-hydrogen) atoms. The molecular formula is C17H22N4O5. The number of nitrogens with zero attached hydrogens (tertiary/aromatic N) is 3. The third-order valence-electron chi connectivity index (χ3n) is 3.90. The van der Waals surface area contributed by atoms with Gasteiger partial charge in [0.15, 0.2) is 11.5 Å². The zero-order valence-electron chi connectivity index (χ0n) is 15.0. The maximum Gasteiger partial charge on any atom is 0.306 e. The van der Waals surface area contributed by atoms with Crippen LogP contribution < -0.4 is 14.8 Å². The van der Waals surface area contributed by atoms with E-state index in [1.807, 2.05) is 18.2 Å². The average molecular weight is 362 g/mol. The first-order valence-corrected chi connectivity index (χ1v) is 8.10. The molecule has 9 nitrogen and oxygen atoms in total. The molecule has 0 bridgehead atoms. The van der Waals surface area contributed by atoms with E-state index in [-0.39, 0.29) is 24.1 Å². The molecule has 0 aliphatic rings. The number of carbonyl (C=O) groups is 1. The molecule has 1 unspecified atom stereocenters. The van der Waals surface area contributed by atoms with Gasteiger partial charge in [-0.15, -0.1) is 0 Å². The summed E-state index contributed by atoms with van der Waals surface area (Å²) in [4.78, 5) is 22.3. The first-order valence-electron chi connectivity index (χ1n) is 8.10. The van der Waals surface area contributed by atoms with Crippen molar-refractivity contribution in [1.82, 2.24) is 15.1 Å². The fourth-order valence-electron chi connectivity index (χ4n) is 2.45. The molecule has 0 fully saturated rings. The summed E-state index contributed by atoms with van der Waals surface area (Å²) in [6.07, 6.45) is 3.13. The van der Waals surface area contributed by atoms with Crippen LogP contribution >= 0.6 is 0 Å². The van der Waals surface area contributed by atoms with Crippen LogP contribution in [0.5, 0.6) is 11.5 Å². The Morgan fingerprint density at radius 1 is 1.35 bits per heavy atom. The second-order valence-electron chi connectivity index (χ2n) is 5.81. The molecular weight excluding hydrogens is 340 g/mol. The number of amides is 1. The second-order valence-corrected chi connectivity index (χ2v) is 5.81. The Bertz CT molecular complexity index is 774. The molecule has 1 N–H and O–H groups in total. The van der Waals surface area contributed by atoms with Crippen LogP contribution in [0.15, 0.2) is 30.6 Å². The molecule has 0 saturated carbocycles. The maximum atomic E-state index is 12.2. The van der Waals surface area contributed by atoms with E-state index in [2.05, 4.69) is 10.4 Å². The number of ether oxygens (including phenoxy) is 2. The summed E-state index contributed by atoms with van der Waals surface area (Å²) in [6, 6.07) is 5.61. The lowest BCUT2D eigenvalue weighted by atomic mass is 10.1. The van der Waals surface area contributed by atoms with Gasteiger partial charge in [-0.2, -0.15) is 5.10 Å². The molecule has 2 aromatic rings. The van der Waals surface area contributed by atoms with E-state index in [9.17, 15) is 14.9 Å². The van der Waals surface area contributed by atoms with E-state index >= 15 is 0 Å². The minimum atomic E-state index is -0.517. The van der Waals surface area contributed by atoms with E-state index in [1.54, 1.807) is 21.1 Å². The molecule has 0 saturated heterocycles. The van der Waals surface area contributed by atoms with Crippen molar-refractivity contribution in [2.24, 2.45) is 5.92 Å². The molecule has 0 aliphatic heterocycles. The summed E-state index contributed by atoms with van der Waals surface area (Å²) in [6.45, 7) is 2.49. The summed E-state index contributed by atoms with van der Waals surface area (Å²) >= 11 is 0. The van der Waals surface area contributed by atoms with Crippen LogP contribution in [0, 0.1) is 16.0 Å². The minimum Gasteiger partial charge on any atom is -0.493 e. The van der Waals surface area contributed by atoms with Gasteiger partial charge in [-0.05, 0) is 24.1 Å². The lowest BCUT2D eigenvalue weighted by Crippen LogP contribution is -2.33. The molecule has 1 aromatic heterocycles. The van der Waals surface area contributed by atoms with Crippen LogP contribution in [-0.2, 0) is 17.8 Å². The number of benzene rings is 1. The summed E-state index contributed by atoms with van der Waals surface area (Å²) in [5, 5.41) is 17.4. The van der Waals surface area contributed by atoms with Crippen LogP contribution in [-0.4, -0.2) is 41.4 Å². The van der Waals surface area contributed by atoms with Gasteiger partial charge in [0.25, 0.3) is 0 Å². The Kier molecular flexibility index (Phi) is 6.54. The van der Waals surface area contributed by atoms with Crippen LogP contribution in [0.2, 0.25) is 0 Å².